The number of benzene rings is 1. The van der Waals surface area contributed by atoms with Crippen molar-refractivity contribution in [3.63, 3.8) is 0 Å². The summed E-state index contributed by atoms with van der Waals surface area (Å²) in [4.78, 5) is 23.9. The number of aryl methyl sites for hydroxylation is 1. The molecule has 1 aliphatic carbocycles. The van der Waals surface area contributed by atoms with Crippen molar-refractivity contribution < 1.29 is 14.7 Å². The summed E-state index contributed by atoms with van der Waals surface area (Å²) >= 11 is 0. The molecule has 2 rings (SSSR count). The van der Waals surface area contributed by atoms with E-state index in [1.165, 1.54) is 12.5 Å². The maximum atomic E-state index is 12.6. The summed E-state index contributed by atoms with van der Waals surface area (Å²) in [6.45, 7) is 6.48. The fraction of sp³-hybridized carbons (Fsp3) is 0.529. The van der Waals surface area contributed by atoms with Crippen LogP contribution >= 0.6 is 0 Å². The van der Waals surface area contributed by atoms with E-state index in [1.54, 1.807) is 13.8 Å². The number of fused-ring (bicyclic) bond motifs is 1. The van der Waals surface area contributed by atoms with Crippen molar-refractivity contribution in [1.29, 1.82) is 0 Å². The van der Waals surface area contributed by atoms with Crippen LogP contribution in [0.3, 0.4) is 0 Å². The van der Waals surface area contributed by atoms with Crippen LogP contribution in [0.25, 0.3) is 0 Å². The van der Waals surface area contributed by atoms with Gasteiger partial charge in [0.2, 0.25) is 5.91 Å². The van der Waals surface area contributed by atoms with Gasteiger partial charge in [0.05, 0.1) is 11.0 Å². The van der Waals surface area contributed by atoms with Gasteiger partial charge in [0.1, 0.15) is 6.10 Å². The number of ketones is 1. The van der Waals surface area contributed by atoms with Crippen molar-refractivity contribution in [3.05, 3.63) is 35.4 Å². The molecule has 0 fully saturated rings. The summed E-state index contributed by atoms with van der Waals surface area (Å²) in [7, 11) is 0. The number of amides is 1. The average molecular weight is 289 g/mol. The minimum atomic E-state index is -1.29. The minimum absolute atomic E-state index is 0.301. The van der Waals surface area contributed by atoms with Crippen LogP contribution in [-0.4, -0.2) is 22.9 Å². The highest BCUT2D eigenvalue weighted by Crippen LogP contribution is 2.37. The van der Waals surface area contributed by atoms with E-state index in [-0.39, 0.29) is 5.91 Å². The SMILES string of the molecule is CC(=O)C(O)C(C)(C)C(=O)NC1(C)CCc2ccccc21. The van der Waals surface area contributed by atoms with Gasteiger partial charge >= 0.3 is 0 Å². The fourth-order valence-corrected chi connectivity index (χ4v) is 2.97. The molecule has 2 unspecified atom stereocenters. The molecule has 0 radical (unpaired) electrons. The smallest absolute Gasteiger partial charge is 0.229 e. The van der Waals surface area contributed by atoms with Crippen LogP contribution in [0.5, 0.6) is 0 Å². The third kappa shape index (κ3) is 2.72. The first-order valence-corrected chi connectivity index (χ1v) is 7.28. The summed E-state index contributed by atoms with van der Waals surface area (Å²) in [5.41, 5.74) is 0.769. The lowest BCUT2D eigenvalue weighted by molar-refractivity contribution is -0.145. The van der Waals surface area contributed by atoms with Crippen molar-refractivity contribution in [3.8, 4) is 0 Å². The summed E-state index contributed by atoms with van der Waals surface area (Å²) in [5, 5.41) is 13.0. The quantitative estimate of drug-likeness (QED) is 0.890. The van der Waals surface area contributed by atoms with Crippen molar-refractivity contribution >= 4 is 11.7 Å². The molecule has 1 amide bonds. The molecule has 2 atom stereocenters. The van der Waals surface area contributed by atoms with E-state index in [1.807, 2.05) is 25.1 Å². The second-order valence-corrected chi connectivity index (χ2v) is 6.68. The fourth-order valence-electron chi connectivity index (χ4n) is 2.97. The Hall–Kier alpha value is -1.68. The monoisotopic (exact) mass is 289 g/mol. The Morgan fingerprint density at radius 1 is 1.33 bits per heavy atom. The van der Waals surface area contributed by atoms with Crippen LogP contribution in [0.4, 0.5) is 0 Å². The number of Topliss-reactive ketones (excluding diaryl/α,β-unsaturated/α-hetero) is 1. The molecule has 0 aromatic heterocycles. The first kappa shape index (κ1) is 15.7. The molecule has 0 saturated carbocycles. The van der Waals surface area contributed by atoms with Gasteiger partial charge in [-0.05, 0) is 51.7 Å². The van der Waals surface area contributed by atoms with Crippen LogP contribution < -0.4 is 5.32 Å². The number of hydrogen-bond acceptors (Lipinski definition) is 3. The second-order valence-electron chi connectivity index (χ2n) is 6.68. The highest BCUT2D eigenvalue weighted by molar-refractivity contribution is 5.91. The number of aliphatic hydroxyl groups is 1. The molecular formula is C17H23NO3. The van der Waals surface area contributed by atoms with Gasteiger partial charge in [0, 0.05) is 0 Å². The molecule has 21 heavy (non-hydrogen) atoms. The molecule has 1 aromatic rings. The molecule has 114 valence electrons. The van der Waals surface area contributed by atoms with Crippen LogP contribution in [-0.2, 0) is 21.5 Å². The van der Waals surface area contributed by atoms with E-state index in [2.05, 4.69) is 11.4 Å². The van der Waals surface area contributed by atoms with Gasteiger partial charge in [-0.3, -0.25) is 9.59 Å². The van der Waals surface area contributed by atoms with E-state index in [0.29, 0.717) is 0 Å². The number of nitrogens with one attached hydrogen (secondary N) is 1. The first-order valence-electron chi connectivity index (χ1n) is 7.28. The Bertz CT molecular complexity index is 579. The first-order chi connectivity index (χ1) is 9.68. The average Bonchev–Trinajstić information content (AvgIpc) is 2.76. The molecule has 0 heterocycles. The van der Waals surface area contributed by atoms with Gasteiger partial charge < -0.3 is 10.4 Å². The summed E-state index contributed by atoms with van der Waals surface area (Å²) in [6.07, 6.45) is 0.449. The Morgan fingerprint density at radius 3 is 2.57 bits per heavy atom. The summed E-state index contributed by atoms with van der Waals surface area (Å²) in [5.74, 6) is -0.698. The zero-order valence-corrected chi connectivity index (χ0v) is 13.1. The minimum Gasteiger partial charge on any atom is -0.384 e. The molecule has 4 nitrogen and oxygen atoms in total. The van der Waals surface area contributed by atoms with Crippen LogP contribution in [0.15, 0.2) is 24.3 Å². The molecule has 0 bridgehead atoms. The third-order valence-corrected chi connectivity index (χ3v) is 4.55. The lowest BCUT2D eigenvalue weighted by Crippen LogP contribution is -2.53. The van der Waals surface area contributed by atoms with E-state index < -0.39 is 22.8 Å². The van der Waals surface area contributed by atoms with Crippen LogP contribution in [0.2, 0.25) is 0 Å². The molecule has 2 N–H and O–H groups in total. The maximum absolute atomic E-state index is 12.6. The number of aliphatic hydroxyl groups excluding tert-OH is 1. The predicted octanol–water partition coefficient (Wildman–Crippen LogP) is 1.94. The van der Waals surface area contributed by atoms with Gasteiger partial charge in [0.15, 0.2) is 5.78 Å². The van der Waals surface area contributed by atoms with Gasteiger partial charge in [-0.1, -0.05) is 24.3 Å². The Morgan fingerprint density at radius 2 is 1.95 bits per heavy atom. The number of carbonyl (C=O) groups is 2. The third-order valence-electron chi connectivity index (χ3n) is 4.55. The van der Waals surface area contributed by atoms with Gasteiger partial charge in [0.25, 0.3) is 0 Å². The lowest BCUT2D eigenvalue weighted by atomic mass is 9.82. The molecule has 1 aliphatic rings. The number of rotatable bonds is 4. The van der Waals surface area contributed by atoms with Gasteiger partial charge in [-0.25, -0.2) is 0 Å². The molecule has 0 saturated heterocycles. The van der Waals surface area contributed by atoms with Crippen LogP contribution in [0.1, 0.15) is 45.2 Å². The largest absolute Gasteiger partial charge is 0.384 e. The normalized spacial score (nSPS) is 22.5. The van der Waals surface area contributed by atoms with Crippen molar-refractivity contribution in [1.82, 2.24) is 5.32 Å². The maximum Gasteiger partial charge on any atom is 0.229 e. The molecular weight excluding hydrogens is 266 g/mol. The number of hydrogen-bond donors (Lipinski definition) is 2. The molecule has 4 heteroatoms. The molecule has 1 aromatic carbocycles. The Kier molecular flexibility index (Phi) is 3.93. The second kappa shape index (κ2) is 5.26. The molecule has 0 aliphatic heterocycles. The standard InChI is InChI=1S/C17H23NO3/c1-11(19)14(20)16(2,3)15(21)18-17(4)10-9-12-7-5-6-8-13(12)17/h5-8,14,20H,9-10H2,1-4H3,(H,18,21). The van der Waals surface area contributed by atoms with Crippen molar-refractivity contribution in [2.24, 2.45) is 5.41 Å². The van der Waals surface area contributed by atoms with Gasteiger partial charge in [-0.2, -0.15) is 0 Å². The van der Waals surface area contributed by atoms with Crippen molar-refractivity contribution in [2.75, 3.05) is 0 Å². The topological polar surface area (TPSA) is 66.4 Å². The highest BCUT2D eigenvalue weighted by atomic mass is 16.3. The van der Waals surface area contributed by atoms with E-state index >= 15 is 0 Å². The zero-order chi connectivity index (χ0) is 15.8. The van der Waals surface area contributed by atoms with E-state index in [0.717, 1.165) is 18.4 Å². The predicted molar refractivity (Wildman–Crippen MR) is 80.7 cm³/mol. The van der Waals surface area contributed by atoms with Crippen LogP contribution in [0, 0.1) is 5.41 Å². The molecule has 0 spiro atoms. The Labute approximate surface area is 125 Å². The lowest BCUT2D eigenvalue weighted by Gasteiger charge is -2.34. The zero-order valence-electron chi connectivity index (χ0n) is 13.1. The van der Waals surface area contributed by atoms with E-state index in [4.69, 9.17) is 0 Å². The van der Waals surface area contributed by atoms with Gasteiger partial charge in [-0.15, -0.1) is 0 Å². The summed E-state index contributed by atoms with van der Waals surface area (Å²) in [6, 6.07) is 8.05. The van der Waals surface area contributed by atoms with Crippen molar-refractivity contribution in [2.45, 2.75) is 52.2 Å². The Balaban J connectivity index is 2.23. The highest BCUT2D eigenvalue weighted by Gasteiger charge is 2.43. The summed E-state index contributed by atoms with van der Waals surface area (Å²) < 4.78 is 0. The number of carbonyl (C=O) groups excluding carboxylic acids is 2. The van der Waals surface area contributed by atoms with E-state index in [9.17, 15) is 14.7 Å².